The Morgan fingerprint density at radius 1 is 1.16 bits per heavy atom. The Morgan fingerprint density at radius 2 is 2.00 bits per heavy atom. The molecule has 0 radical (unpaired) electrons. The first-order valence-corrected chi connectivity index (χ1v) is 5.98. The minimum Gasteiger partial charge on any atom is -0.437 e. The normalized spacial score (nSPS) is 10.8. The molecule has 2 heterocycles. The van der Waals surface area contributed by atoms with Crippen molar-refractivity contribution in [2.75, 3.05) is 5.73 Å². The molecule has 0 saturated heterocycles. The van der Waals surface area contributed by atoms with Crippen molar-refractivity contribution in [2.24, 2.45) is 0 Å². The summed E-state index contributed by atoms with van der Waals surface area (Å²) in [5.74, 6) is 1.26. The van der Waals surface area contributed by atoms with Gasteiger partial charge >= 0.3 is 0 Å². The van der Waals surface area contributed by atoms with E-state index in [-0.39, 0.29) is 0 Å². The van der Waals surface area contributed by atoms with E-state index < -0.39 is 0 Å². The summed E-state index contributed by atoms with van der Waals surface area (Å²) in [5, 5.41) is 8.74. The van der Waals surface area contributed by atoms with Crippen molar-refractivity contribution in [2.45, 2.75) is 13.8 Å². The van der Waals surface area contributed by atoms with E-state index in [9.17, 15) is 0 Å². The molecule has 0 amide bonds. The van der Waals surface area contributed by atoms with Crippen molar-refractivity contribution in [1.82, 2.24) is 15.2 Å². The number of aromatic nitrogens is 3. The fourth-order valence-electron chi connectivity index (χ4n) is 1.99. The maximum atomic E-state index is 5.96. The molecule has 0 aliphatic rings. The van der Waals surface area contributed by atoms with Gasteiger partial charge < -0.3 is 10.5 Å². The van der Waals surface area contributed by atoms with Crippen molar-refractivity contribution in [1.29, 1.82) is 0 Å². The summed E-state index contributed by atoms with van der Waals surface area (Å²) in [6.07, 6.45) is 1.77. The van der Waals surface area contributed by atoms with Gasteiger partial charge in [0.2, 0.25) is 5.88 Å². The van der Waals surface area contributed by atoms with Crippen LogP contribution >= 0.6 is 0 Å². The number of nitrogens with two attached hydrogens (primary N) is 1. The summed E-state index contributed by atoms with van der Waals surface area (Å²) < 4.78 is 5.80. The first-order chi connectivity index (χ1) is 9.13. The third-order valence-corrected chi connectivity index (χ3v) is 2.93. The van der Waals surface area contributed by atoms with Crippen LogP contribution in [0.3, 0.4) is 0 Å². The highest BCUT2D eigenvalue weighted by Gasteiger charge is 2.08. The average molecular weight is 254 g/mol. The number of aryl methyl sites for hydroxylation is 2. The van der Waals surface area contributed by atoms with Gasteiger partial charge in [-0.3, -0.25) is 10.1 Å². The quantitative estimate of drug-likeness (QED) is 0.689. The molecular formula is C14H14N4O. The largest absolute Gasteiger partial charge is 0.437 e. The lowest BCUT2D eigenvalue weighted by Crippen LogP contribution is -1.93. The molecule has 0 aliphatic carbocycles. The van der Waals surface area contributed by atoms with Crippen LogP contribution in [-0.4, -0.2) is 15.2 Å². The second-order valence-electron chi connectivity index (χ2n) is 4.52. The van der Waals surface area contributed by atoms with E-state index in [1.807, 2.05) is 38.1 Å². The predicted molar refractivity (Wildman–Crippen MR) is 74.3 cm³/mol. The summed E-state index contributed by atoms with van der Waals surface area (Å²) in [7, 11) is 0. The van der Waals surface area contributed by atoms with Gasteiger partial charge in [-0.15, -0.1) is 5.10 Å². The van der Waals surface area contributed by atoms with Gasteiger partial charge in [0.15, 0.2) is 0 Å². The van der Waals surface area contributed by atoms with Gasteiger partial charge in [-0.05, 0) is 32.0 Å². The van der Waals surface area contributed by atoms with Crippen molar-refractivity contribution in [3.63, 3.8) is 0 Å². The topological polar surface area (TPSA) is 76.8 Å². The SMILES string of the molecule is Cc1cc2c(Oc3cc(C)[nH]n3)ccc(N)c2cn1. The van der Waals surface area contributed by atoms with Gasteiger partial charge in [-0.1, -0.05) is 0 Å². The molecule has 0 atom stereocenters. The Hall–Kier alpha value is -2.56. The lowest BCUT2D eigenvalue weighted by molar-refractivity contribution is 0.467. The van der Waals surface area contributed by atoms with Gasteiger partial charge in [0.05, 0.1) is 0 Å². The maximum Gasteiger partial charge on any atom is 0.238 e. The monoisotopic (exact) mass is 254 g/mol. The fraction of sp³-hybridized carbons (Fsp3) is 0.143. The van der Waals surface area contributed by atoms with Crippen molar-refractivity contribution >= 4 is 16.5 Å². The van der Waals surface area contributed by atoms with Crippen LogP contribution < -0.4 is 10.5 Å². The number of rotatable bonds is 2. The number of nitrogens with one attached hydrogen (secondary N) is 1. The number of anilines is 1. The van der Waals surface area contributed by atoms with Crippen molar-refractivity contribution in [3.8, 4) is 11.6 Å². The molecule has 0 bridgehead atoms. The lowest BCUT2D eigenvalue weighted by atomic mass is 10.1. The van der Waals surface area contributed by atoms with Gasteiger partial charge in [0.1, 0.15) is 5.75 Å². The summed E-state index contributed by atoms with van der Waals surface area (Å²) in [4.78, 5) is 4.26. The minimum atomic E-state index is 0.540. The van der Waals surface area contributed by atoms with E-state index >= 15 is 0 Å². The van der Waals surface area contributed by atoms with Crippen LogP contribution in [0.4, 0.5) is 5.69 Å². The van der Waals surface area contributed by atoms with Gasteiger partial charge in [-0.25, -0.2) is 0 Å². The smallest absolute Gasteiger partial charge is 0.238 e. The molecule has 19 heavy (non-hydrogen) atoms. The van der Waals surface area contributed by atoms with E-state index in [1.165, 1.54) is 0 Å². The molecule has 5 nitrogen and oxygen atoms in total. The number of nitrogens with zero attached hydrogens (tertiary/aromatic N) is 2. The van der Waals surface area contributed by atoms with Gasteiger partial charge in [0.25, 0.3) is 0 Å². The number of fused-ring (bicyclic) bond motifs is 1. The Bertz CT molecular complexity index is 748. The molecule has 2 aromatic heterocycles. The second kappa shape index (κ2) is 4.28. The molecule has 1 aromatic carbocycles. The minimum absolute atomic E-state index is 0.540. The summed E-state index contributed by atoms with van der Waals surface area (Å²) in [5.41, 5.74) is 8.51. The van der Waals surface area contributed by atoms with Crippen LogP contribution in [0, 0.1) is 13.8 Å². The summed E-state index contributed by atoms with van der Waals surface area (Å²) >= 11 is 0. The Kier molecular flexibility index (Phi) is 2.59. The number of hydrogen-bond acceptors (Lipinski definition) is 4. The van der Waals surface area contributed by atoms with E-state index in [1.54, 1.807) is 6.20 Å². The van der Waals surface area contributed by atoms with Crippen molar-refractivity contribution in [3.05, 3.63) is 41.9 Å². The highest BCUT2D eigenvalue weighted by molar-refractivity contribution is 5.96. The van der Waals surface area contributed by atoms with E-state index in [4.69, 9.17) is 10.5 Å². The first kappa shape index (κ1) is 11.5. The molecule has 0 spiro atoms. The predicted octanol–water partition coefficient (Wildman–Crippen LogP) is 2.95. The van der Waals surface area contributed by atoms with E-state index in [2.05, 4.69) is 15.2 Å². The van der Waals surface area contributed by atoms with Gasteiger partial charge in [-0.2, -0.15) is 0 Å². The molecule has 0 fully saturated rings. The molecule has 3 rings (SSSR count). The standard InChI is InChI=1S/C14H14N4O/c1-8-5-10-11(7-16-8)12(15)3-4-13(10)19-14-6-9(2)17-18-14/h3-7H,15H2,1-2H3,(H,17,18). The average Bonchev–Trinajstić information content (AvgIpc) is 2.78. The highest BCUT2D eigenvalue weighted by atomic mass is 16.5. The number of ether oxygens (including phenoxy) is 1. The van der Waals surface area contributed by atoms with Crippen LogP contribution in [0.2, 0.25) is 0 Å². The van der Waals surface area contributed by atoms with Crippen molar-refractivity contribution < 1.29 is 4.74 Å². The number of nitrogen functional groups attached to an aromatic ring is 1. The Labute approximate surface area is 110 Å². The van der Waals surface area contributed by atoms with Crippen LogP contribution in [0.25, 0.3) is 10.8 Å². The van der Waals surface area contributed by atoms with E-state index in [0.29, 0.717) is 11.6 Å². The molecule has 0 unspecified atom stereocenters. The number of benzene rings is 1. The number of pyridine rings is 1. The number of hydrogen-bond donors (Lipinski definition) is 2. The van der Waals surface area contributed by atoms with Crippen LogP contribution in [0.1, 0.15) is 11.4 Å². The molecule has 96 valence electrons. The first-order valence-electron chi connectivity index (χ1n) is 5.98. The Balaban J connectivity index is 2.13. The van der Waals surface area contributed by atoms with Crippen LogP contribution in [0.15, 0.2) is 30.5 Å². The fourth-order valence-corrected chi connectivity index (χ4v) is 1.99. The van der Waals surface area contributed by atoms with E-state index in [0.717, 1.165) is 27.9 Å². The summed E-state index contributed by atoms with van der Waals surface area (Å²) in [6.45, 7) is 3.86. The zero-order valence-electron chi connectivity index (χ0n) is 10.8. The molecule has 3 N–H and O–H groups in total. The Morgan fingerprint density at radius 3 is 2.74 bits per heavy atom. The molecule has 0 saturated carbocycles. The number of aromatic amines is 1. The third-order valence-electron chi connectivity index (χ3n) is 2.93. The molecular weight excluding hydrogens is 240 g/mol. The zero-order chi connectivity index (χ0) is 13.4. The van der Waals surface area contributed by atoms with Crippen LogP contribution in [-0.2, 0) is 0 Å². The highest BCUT2D eigenvalue weighted by Crippen LogP contribution is 2.32. The third kappa shape index (κ3) is 2.10. The molecule has 5 heteroatoms. The number of H-pyrrole nitrogens is 1. The van der Waals surface area contributed by atoms with Crippen LogP contribution in [0.5, 0.6) is 11.6 Å². The molecule has 3 aromatic rings. The lowest BCUT2D eigenvalue weighted by Gasteiger charge is -2.09. The molecule has 0 aliphatic heterocycles. The summed E-state index contributed by atoms with van der Waals surface area (Å²) in [6, 6.07) is 7.46. The van der Waals surface area contributed by atoms with Gasteiger partial charge in [0, 0.05) is 40.1 Å². The second-order valence-corrected chi connectivity index (χ2v) is 4.52. The zero-order valence-corrected chi connectivity index (χ0v) is 10.8. The maximum absolute atomic E-state index is 5.96.